The number of methoxy groups -OCH3 is 2. The summed E-state index contributed by atoms with van der Waals surface area (Å²) in [5.41, 5.74) is 5.73. The molecular weight excluding hydrogens is 352 g/mol. The molecule has 5 heteroatoms. The van der Waals surface area contributed by atoms with Gasteiger partial charge in [0.2, 0.25) is 0 Å². The Hall–Kier alpha value is -3.31. The molecule has 0 aliphatic carbocycles. The van der Waals surface area contributed by atoms with Gasteiger partial charge in [-0.3, -0.25) is 4.57 Å². The van der Waals surface area contributed by atoms with Crippen molar-refractivity contribution in [1.82, 2.24) is 9.55 Å². The molecule has 28 heavy (non-hydrogen) atoms. The van der Waals surface area contributed by atoms with Crippen molar-refractivity contribution in [2.75, 3.05) is 14.2 Å². The largest absolute Gasteiger partial charge is 0.497 e. The zero-order valence-electron chi connectivity index (χ0n) is 16.1. The van der Waals surface area contributed by atoms with Crippen molar-refractivity contribution in [3.8, 4) is 28.3 Å². The van der Waals surface area contributed by atoms with Crippen LogP contribution in [0.4, 0.5) is 0 Å². The minimum Gasteiger partial charge on any atom is -0.497 e. The lowest BCUT2D eigenvalue weighted by atomic mass is 10.0. The summed E-state index contributed by atoms with van der Waals surface area (Å²) in [6.07, 6.45) is 1.29. The Morgan fingerprint density at radius 3 is 2.57 bits per heavy atom. The van der Waals surface area contributed by atoms with Crippen LogP contribution in [0.3, 0.4) is 0 Å². The molecule has 1 heterocycles. The molecule has 0 fully saturated rings. The Bertz CT molecular complexity index is 1130. The van der Waals surface area contributed by atoms with Crippen molar-refractivity contribution in [2.45, 2.75) is 13.0 Å². The van der Waals surface area contributed by atoms with E-state index in [1.165, 1.54) is 0 Å². The number of hydrogen-bond donors (Lipinski definition) is 1. The number of ether oxygens (including phenoxy) is 2. The average molecular weight is 374 g/mol. The van der Waals surface area contributed by atoms with E-state index in [1.807, 2.05) is 53.1 Å². The zero-order valence-corrected chi connectivity index (χ0v) is 16.1. The fourth-order valence-electron chi connectivity index (χ4n) is 3.36. The first-order valence-corrected chi connectivity index (χ1v) is 9.08. The minimum absolute atomic E-state index is 0.514. The van der Waals surface area contributed by atoms with Crippen molar-refractivity contribution in [3.63, 3.8) is 0 Å². The molecule has 0 aliphatic heterocycles. The Morgan fingerprint density at radius 1 is 0.964 bits per heavy atom. The molecule has 3 aromatic carbocycles. The Labute approximate surface area is 163 Å². The van der Waals surface area contributed by atoms with Gasteiger partial charge in [-0.15, -0.1) is 0 Å². The van der Waals surface area contributed by atoms with Crippen molar-refractivity contribution < 1.29 is 14.6 Å². The first kappa shape index (κ1) is 18.1. The molecule has 0 amide bonds. The third-order valence-corrected chi connectivity index (χ3v) is 4.90. The second-order valence-corrected chi connectivity index (χ2v) is 6.66. The molecule has 4 rings (SSSR count). The summed E-state index contributed by atoms with van der Waals surface area (Å²) in [5.74, 6) is 1.51. The number of imidazole rings is 1. The molecule has 1 atom stereocenters. The molecule has 0 radical (unpaired) electrons. The maximum Gasteiger partial charge on any atom is 0.130 e. The number of nitrogens with zero attached hydrogens (tertiary/aromatic N) is 2. The van der Waals surface area contributed by atoms with Crippen LogP contribution in [-0.2, 0) is 0 Å². The number of aliphatic hydroxyl groups excluding tert-OH is 1. The highest BCUT2D eigenvalue weighted by Gasteiger charge is 2.11. The predicted octanol–water partition coefficient (Wildman–Crippen LogP) is 4.76. The number of aromatic nitrogens is 2. The third-order valence-electron chi connectivity index (χ3n) is 4.90. The highest BCUT2D eigenvalue weighted by Crippen LogP contribution is 2.34. The van der Waals surface area contributed by atoms with Gasteiger partial charge in [-0.25, -0.2) is 4.98 Å². The maximum atomic E-state index is 9.80. The van der Waals surface area contributed by atoms with E-state index < -0.39 is 6.10 Å². The van der Waals surface area contributed by atoms with Crippen LogP contribution in [0.25, 0.3) is 27.8 Å². The van der Waals surface area contributed by atoms with Crippen molar-refractivity contribution in [2.24, 2.45) is 0 Å². The Kier molecular flexibility index (Phi) is 4.75. The van der Waals surface area contributed by atoms with Crippen molar-refractivity contribution >= 4 is 11.0 Å². The standard InChI is InChI=1S/C23H22N2O3/c1-15(26)16-7-10-22-21(12-16)24-14-25(22)18-6-4-5-17(11-18)20-9-8-19(27-2)13-23(20)28-3/h4-15,26H,1-3H3. The highest BCUT2D eigenvalue weighted by molar-refractivity contribution is 5.79. The smallest absolute Gasteiger partial charge is 0.130 e. The van der Waals surface area contributed by atoms with Crippen LogP contribution in [0.1, 0.15) is 18.6 Å². The van der Waals surface area contributed by atoms with Gasteiger partial charge in [-0.05, 0) is 54.4 Å². The molecule has 142 valence electrons. The highest BCUT2D eigenvalue weighted by atomic mass is 16.5. The van der Waals surface area contributed by atoms with Gasteiger partial charge >= 0.3 is 0 Å². The van der Waals surface area contributed by atoms with Gasteiger partial charge in [0.15, 0.2) is 0 Å². The first-order chi connectivity index (χ1) is 13.6. The Balaban J connectivity index is 1.79. The summed E-state index contributed by atoms with van der Waals surface area (Å²) < 4.78 is 12.9. The van der Waals surface area contributed by atoms with Crippen LogP contribution < -0.4 is 9.47 Å². The molecule has 0 aliphatic rings. The second-order valence-electron chi connectivity index (χ2n) is 6.66. The van der Waals surface area contributed by atoms with Crippen LogP contribution in [0.15, 0.2) is 67.0 Å². The lowest BCUT2D eigenvalue weighted by Gasteiger charge is -2.12. The number of rotatable bonds is 5. The van der Waals surface area contributed by atoms with E-state index in [4.69, 9.17) is 9.47 Å². The van der Waals surface area contributed by atoms with Crippen molar-refractivity contribution in [3.05, 3.63) is 72.6 Å². The number of hydrogen-bond acceptors (Lipinski definition) is 4. The molecule has 0 spiro atoms. The second kappa shape index (κ2) is 7.37. The van der Waals surface area contributed by atoms with E-state index in [2.05, 4.69) is 17.1 Å². The maximum absolute atomic E-state index is 9.80. The van der Waals surface area contributed by atoms with Crippen LogP contribution in [-0.4, -0.2) is 28.9 Å². The van der Waals surface area contributed by atoms with Gasteiger partial charge < -0.3 is 14.6 Å². The predicted molar refractivity (Wildman–Crippen MR) is 110 cm³/mol. The zero-order chi connectivity index (χ0) is 19.7. The van der Waals surface area contributed by atoms with Crippen LogP contribution in [0.5, 0.6) is 11.5 Å². The molecule has 5 nitrogen and oxygen atoms in total. The summed E-state index contributed by atoms with van der Waals surface area (Å²) in [6.45, 7) is 1.75. The molecule has 4 aromatic rings. The molecule has 1 unspecified atom stereocenters. The van der Waals surface area contributed by atoms with Crippen LogP contribution in [0.2, 0.25) is 0 Å². The van der Waals surface area contributed by atoms with E-state index in [1.54, 1.807) is 27.5 Å². The summed E-state index contributed by atoms with van der Waals surface area (Å²) in [5, 5.41) is 9.80. The Morgan fingerprint density at radius 2 is 1.82 bits per heavy atom. The first-order valence-electron chi connectivity index (χ1n) is 9.08. The molecule has 0 saturated heterocycles. The van der Waals surface area contributed by atoms with E-state index in [0.717, 1.165) is 44.9 Å². The third kappa shape index (κ3) is 3.21. The van der Waals surface area contributed by atoms with Crippen LogP contribution in [0, 0.1) is 0 Å². The number of aliphatic hydroxyl groups is 1. The molecule has 1 N–H and O–H groups in total. The SMILES string of the molecule is COc1ccc(-c2cccc(-n3cnc4cc(C(C)O)ccc43)c2)c(OC)c1. The topological polar surface area (TPSA) is 56.5 Å². The lowest BCUT2D eigenvalue weighted by Crippen LogP contribution is -1.95. The van der Waals surface area contributed by atoms with Gasteiger partial charge in [0, 0.05) is 17.3 Å². The summed E-state index contributed by atoms with van der Waals surface area (Å²) in [4.78, 5) is 4.51. The van der Waals surface area contributed by atoms with Gasteiger partial charge in [-0.1, -0.05) is 18.2 Å². The normalized spacial score (nSPS) is 12.1. The van der Waals surface area contributed by atoms with Gasteiger partial charge in [0.25, 0.3) is 0 Å². The number of benzene rings is 3. The van der Waals surface area contributed by atoms with E-state index >= 15 is 0 Å². The van der Waals surface area contributed by atoms with E-state index in [0.29, 0.717) is 0 Å². The summed E-state index contributed by atoms with van der Waals surface area (Å²) >= 11 is 0. The molecule has 0 saturated carbocycles. The quantitative estimate of drug-likeness (QED) is 0.547. The van der Waals surface area contributed by atoms with Gasteiger partial charge in [0.05, 0.1) is 31.4 Å². The lowest BCUT2D eigenvalue weighted by molar-refractivity contribution is 0.199. The number of fused-ring (bicyclic) bond motifs is 1. The molecular formula is C23H22N2O3. The van der Waals surface area contributed by atoms with E-state index in [-0.39, 0.29) is 0 Å². The van der Waals surface area contributed by atoms with Gasteiger partial charge in [-0.2, -0.15) is 0 Å². The average Bonchev–Trinajstić information content (AvgIpc) is 3.16. The molecule has 1 aromatic heterocycles. The minimum atomic E-state index is -0.514. The summed E-state index contributed by atoms with van der Waals surface area (Å²) in [6, 6.07) is 19.9. The van der Waals surface area contributed by atoms with Crippen molar-refractivity contribution in [1.29, 1.82) is 0 Å². The summed E-state index contributed by atoms with van der Waals surface area (Å²) in [7, 11) is 3.30. The fraction of sp³-hybridized carbons (Fsp3) is 0.174. The van der Waals surface area contributed by atoms with Gasteiger partial charge in [0.1, 0.15) is 17.8 Å². The molecule has 0 bridgehead atoms. The monoisotopic (exact) mass is 374 g/mol. The van der Waals surface area contributed by atoms with E-state index in [9.17, 15) is 5.11 Å². The van der Waals surface area contributed by atoms with Crippen LogP contribution >= 0.6 is 0 Å². The fourth-order valence-corrected chi connectivity index (χ4v) is 3.36.